The van der Waals surface area contributed by atoms with Gasteiger partial charge in [-0.1, -0.05) is 24.3 Å². The Kier molecular flexibility index (Phi) is 5.97. The second kappa shape index (κ2) is 8.23. The maximum atomic E-state index is 13.1. The molecule has 6 nitrogen and oxygen atoms in total. The SMILES string of the molecule is Cl.NCCN1C(=O)CC[C@H]2CN(C(=O)c3nccc4ccccc34)CC[C@H]21. The minimum atomic E-state index is -0.0116. The maximum Gasteiger partial charge on any atom is 0.273 e. The molecule has 0 saturated carbocycles. The molecule has 1 aromatic carbocycles. The molecule has 0 aliphatic carbocycles. The molecule has 0 unspecified atom stereocenters. The molecule has 7 heteroatoms. The number of nitrogens with two attached hydrogens (primary N) is 1. The number of rotatable bonds is 3. The average Bonchev–Trinajstić information content (AvgIpc) is 2.69. The zero-order valence-electron chi connectivity index (χ0n) is 15.2. The summed E-state index contributed by atoms with van der Waals surface area (Å²) in [4.78, 5) is 33.5. The third-order valence-corrected chi connectivity index (χ3v) is 5.68. The number of likely N-dealkylation sites (tertiary alicyclic amines) is 2. The van der Waals surface area contributed by atoms with Gasteiger partial charge in [-0.15, -0.1) is 12.4 Å². The quantitative estimate of drug-likeness (QED) is 0.872. The summed E-state index contributed by atoms with van der Waals surface area (Å²) in [5.41, 5.74) is 6.20. The molecule has 2 aliphatic heterocycles. The van der Waals surface area contributed by atoms with Gasteiger partial charge in [0.05, 0.1) is 0 Å². The van der Waals surface area contributed by atoms with E-state index in [1.807, 2.05) is 40.1 Å². The van der Waals surface area contributed by atoms with E-state index in [2.05, 4.69) is 4.98 Å². The topological polar surface area (TPSA) is 79.5 Å². The van der Waals surface area contributed by atoms with E-state index in [1.165, 1.54) is 0 Å². The Morgan fingerprint density at radius 2 is 2.04 bits per heavy atom. The maximum absolute atomic E-state index is 13.1. The van der Waals surface area contributed by atoms with Crippen LogP contribution in [0.1, 0.15) is 29.8 Å². The Bertz CT molecular complexity index is 838. The van der Waals surface area contributed by atoms with Gasteiger partial charge >= 0.3 is 0 Å². The van der Waals surface area contributed by atoms with Crippen molar-refractivity contribution < 1.29 is 9.59 Å². The van der Waals surface area contributed by atoms with Gasteiger partial charge in [-0.2, -0.15) is 0 Å². The number of fused-ring (bicyclic) bond motifs is 2. The molecular weight excluding hydrogens is 364 g/mol. The predicted molar refractivity (Wildman–Crippen MR) is 107 cm³/mol. The number of hydrogen-bond donors (Lipinski definition) is 1. The van der Waals surface area contributed by atoms with Crippen LogP contribution in [0, 0.1) is 5.92 Å². The Morgan fingerprint density at radius 3 is 2.85 bits per heavy atom. The van der Waals surface area contributed by atoms with Crippen LogP contribution in [0.3, 0.4) is 0 Å². The van der Waals surface area contributed by atoms with E-state index in [0.717, 1.165) is 23.6 Å². The van der Waals surface area contributed by atoms with Crippen molar-refractivity contribution in [3.63, 3.8) is 0 Å². The molecule has 0 radical (unpaired) electrons. The lowest BCUT2D eigenvalue weighted by atomic mass is 9.83. The monoisotopic (exact) mass is 388 g/mol. The fourth-order valence-corrected chi connectivity index (χ4v) is 4.41. The minimum absolute atomic E-state index is 0. The average molecular weight is 389 g/mol. The van der Waals surface area contributed by atoms with Gasteiger partial charge in [-0.25, -0.2) is 0 Å². The number of amides is 2. The van der Waals surface area contributed by atoms with Crippen LogP contribution < -0.4 is 5.73 Å². The number of piperidine rings is 2. The lowest BCUT2D eigenvalue weighted by molar-refractivity contribution is -0.140. The molecule has 0 bridgehead atoms. The number of carbonyl (C=O) groups excluding carboxylic acids is 2. The zero-order chi connectivity index (χ0) is 18.1. The summed E-state index contributed by atoms with van der Waals surface area (Å²) < 4.78 is 0. The summed E-state index contributed by atoms with van der Waals surface area (Å²) in [5.74, 6) is 0.515. The number of carbonyl (C=O) groups is 2. The first-order valence-electron chi connectivity index (χ1n) is 9.31. The van der Waals surface area contributed by atoms with E-state index in [-0.39, 0.29) is 30.3 Å². The molecule has 3 heterocycles. The van der Waals surface area contributed by atoms with Gasteiger partial charge in [-0.05, 0) is 30.2 Å². The first kappa shape index (κ1) is 19.6. The summed E-state index contributed by atoms with van der Waals surface area (Å²) in [6.07, 6.45) is 3.91. The van der Waals surface area contributed by atoms with E-state index in [1.54, 1.807) is 6.20 Å². The summed E-state index contributed by atoms with van der Waals surface area (Å²) in [6.45, 7) is 2.43. The lowest BCUT2D eigenvalue weighted by Crippen LogP contribution is -2.57. The van der Waals surface area contributed by atoms with Crippen LogP contribution in [0.5, 0.6) is 0 Å². The van der Waals surface area contributed by atoms with Gasteiger partial charge in [0.15, 0.2) is 0 Å². The number of benzene rings is 1. The largest absolute Gasteiger partial charge is 0.338 e. The first-order chi connectivity index (χ1) is 12.7. The second-order valence-corrected chi connectivity index (χ2v) is 7.16. The standard InChI is InChI=1S/C20H24N4O2.ClH/c21-9-12-24-17-8-11-23(13-15(17)5-6-18(24)25)20(26)19-16-4-2-1-3-14(16)7-10-22-19;/h1-4,7,10,15,17H,5-6,8-9,11-13,21H2;1H/t15-,17+;/m0./s1. The Morgan fingerprint density at radius 1 is 1.22 bits per heavy atom. The predicted octanol–water partition coefficient (Wildman–Crippen LogP) is 2.07. The number of hydrogen-bond acceptors (Lipinski definition) is 4. The minimum Gasteiger partial charge on any atom is -0.338 e. The van der Waals surface area contributed by atoms with Crippen LogP contribution in [0.15, 0.2) is 36.5 Å². The van der Waals surface area contributed by atoms with Crippen LogP contribution in [0.2, 0.25) is 0 Å². The molecule has 2 aliphatic rings. The van der Waals surface area contributed by atoms with Gasteiger partial charge in [-0.3, -0.25) is 14.6 Å². The van der Waals surface area contributed by atoms with Crippen LogP contribution in [0.25, 0.3) is 10.8 Å². The van der Waals surface area contributed by atoms with Crippen molar-refractivity contribution in [2.45, 2.75) is 25.3 Å². The Balaban J connectivity index is 0.00000210. The molecule has 2 atom stereocenters. The van der Waals surface area contributed by atoms with Crippen LogP contribution in [0.4, 0.5) is 0 Å². The van der Waals surface area contributed by atoms with Gasteiger partial charge in [0.1, 0.15) is 5.69 Å². The van der Waals surface area contributed by atoms with Gasteiger partial charge < -0.3 is 15.5 Å². The molecule has 144 valence electrons. The Hall–Kier alpha value is -2.18. The molecular formula is C20H25ClN4O2. The molecule has 1 aromatic heterocycles. The van der Waals surface area contributed by atoms with Gasteiger partial charge in [0.2, 0.25) is 5.91 Å². The highest BCUT2D eigenvalue weighted by molar-refractivity contribution is 6.05. The summed E-state index contributed by atoms with van der Waals surface area (Å²) in [5, 5.41) is 1.92. The summed E-state index contributed by atoms with van der Waals surface area (Å²) >= 11 is 0. The number of pyridine rings is 1. The van der Waals surface area contributed by atoms with Crippen molar-refractivity contribution in [1.29, 1.82) is 0 Å². The highest BCUT2D eigenvalue weighted by atomic mass is 35.5. The fraction of sp³-hybridized carbons (Fsp3) is 0.450. The fourth-order valence-electron chi connectivity index (χ4n) is 4.41. The van der Waals surface area contributed by atoms with Crippen molar-refractivity contribution in [3.05, 3.63) is 42.2 Å². The van der Waals surface area contributed by atoms with Crippen molar-refractivity contribution >= 4 is 35.0 Å². The van der Waals surface area contributed by atoms with E-state index in [0.29, 0.717) is 44.2 Å². The third kappa shape index (κ3) is 3.64. The molecule has 2 aromatic rings. The summed E-state index contributed by atoms with van der Waals surface area (Å²) in [7, 11) is 0. The number of nitrogens with zero attached hydrogens (tertiary/aromatic N) is 3. The van der Waals surface area contributed by atoms with E-state index >= 15 is 0 Å². The van der Waals surface area contributed by atoms with Crippen molar-refractivity contribution in [1.82, 2.24) is 14.8 Å². The normalized spacial score (nSPS) is 22.3. The summed E-state index contributed by atoms with van der Waals surface area (Å²) in [6, 6.07) is 9.99. The van der Waals surface area contributed by atoms with Crippen LogP contribution in [-0.2, 0) is 4.79 Å². The van der Waals surface area contributed by atoms with Crippen LogP contribution >= 0.6 is 12.4 Å². The van der Waals surface area contributed by atoms with E-state index in [4.69, 9.17) is 5.73 Å². The molecule has 2 saturated heterocycles. The lowest BCUT2D eigenvalue weighted by Gasteiger charge is -2.47. The van der Waals surface area contributed by atoms with Crippen LogP contribution in [-0.4, -0.2) is 58.8 Å². The van der Waals surface area contributed by atoms with Crippen molar-refractivity contribution in [2.24, 2.45) is 11.7 Å². The molecule has 2 N–H and O–H groups in total. The molecule has 4 rings (SSSR count). The zero-order valence-corrected chi connectivity index (χ0v) is 16.0. The van der Waals surface area contributed by atoms with E-state index < -0.39 is 0 Å². The van der Waals surface area contributed by atoms with Crippen molar-refractivity contribution in [3.8, 4) is 0 Å². The first-order valence-corrected chi connectivity index (χ1v) is 9.31. The third-order valence-electron chi connectivity index (χ3n) is 5.68. The molecule has 27 heavy (non-hydrogen) atoms. The second-order valence-electron chi connectivity index (χ2n) is 7.16. The molecule has 0 spiro atoms. The molecule has 2 fully saturated rings. The smallest absolute Gasteiger partial charge is 0.273 e. The highest BCUT2D eigenvalue weighted by Crippen LogP contribution is 2.32. The number of halogens is 1. The number of aromatic nitrogens is 1. The van der Waals surface area contributed by atoms with E-state index in [9.17, 15) is 9.59 Å². The van der Waals surface area contributed by atoms with Gasteiger partial charge in [0, 0.05) is 50.2 Å². The Labute approximate surface area is 165 Å². The molecule has 2 amide bonds. The van der Waals surface area contributed by atoms with Crippen molar-refractivity contribution in [2.75, 3.05) is 26.2 Å². The van der Waals surface area contributed by atoms with Gasteiger partial charge in [0.25, 0.3) is 5.91 Å². The highest BCUT2D eigenvalue weighted by Gasteiger charge is 2.40.